The van der Waals surface area contributed by atoms with Crippen molar-refractivity contribution in [3.63, 3.8) is 0 Å². The molecule has 5 nitrogen and oxygen atoms in total. The number of carbonyl (C=O) groups excluding carboxylic acids is 2. The van der Waals surface area contributed by atoms with Crippen molar-refractivity contribution < 1.29 is 14.3 Å². The SMILES string of the molecule is COCc1ccc(C(=O)Nc2cccc(NC(C)=O)c2)cc1. The zero-order valence-electron chi connectivity index (χ0n) is 12.6. The largest absolute Gasteiger partial charge is 0.380 e. The van der Waals surface area contributed by atoms with Gasteiger partial charge in [0.15, 0.2) is 0 Å². The van der Waals surface area contributed by atoms with E-state index in [1.165, 1.54) is 6.92 Å². The molecule has 2 N–H and O–H groups in total. The third kappa shape index (κ3) is 4.43. The van der Waals surface area contributed by atoms with E-state index in [4.69, 9.17) is 4.74 Å². The van der Waals surface area contributed by atoms with Crippen molar-refractivity contribution in [1.29, 1.82) is 0 Å². The highest BCUT2D eigenvalue weighted by Crippen LogP contribution is 2.16. The second kappa shape index (κ2) is 7.38. The van der Waals surface area contributed by atoms with Crippen molar-refractivity contribution in [3.8, 4) is 0 Å². The molecule has 0 saturated heterocycles. The van der Waals surface area contributed by atoms with E-state index in [1.54, 1.807) is 43.5 Å². The number of hydrogen-bond acceptors (Lipinski definition) is 3. The van der Waals surface area contributed by atoms with Crippen molar-refractivity contribution in [2.45, 2.75) is 13.5 Å². The van der Waals surface area contributed by atoms with Gasteiger partial charge in [0.1, 0.15) is 0 Å². The van der Waals surface area contributed by atoms with Crippen LogP contribution in [0.3, 0.4) is 0 Å². The highest BCUT2D eigenvalue weighted by Gasteiger charge is 2.07. The molecule has 2 aromatic rings. The van der Waals surface area contributed by atoms with Crippen LogP contribution in [-0.2, 0) is 16.1 Å². The Morgan fingerprint density at radius 1 is 1.00 bits per heavy atom. The Kier molecular flexibility index (Phi) is 5.27. The summed E-state index contributed by atoms with van der Waals surface area (Å²) in [5.41, 5.74) is 2.83. The van der Waals surface area contributed by atoms with Crippen LogP contribution >= 0.6 is 0 Å². The minimum atomic E-state index is -0.205. The molecule has 0 aliphatic carbocycles. The average molecular weight is 298 g/mol. The molecule has 5 heteroatoms. The first-order chi connectivity index (χ1) is 10.6. The molecule has 0 heterocycles. The van der Waals surface area contributed by atoms with Gasteiger partial charge in [-0.1, -0.05) is 18.2 Å². The Bertz CT molecular complexity index is 666. The number of anilines is 2. The second-order valence-corrected chi connectivity index (χ2v) is 4.85. The Balaban J connectivity index is 2.06. The number of ether oxygens (including phenoxy) is 1. The lowest BCUT2D eigenvalue weighted by atomic mass is 10.1. The molecule has 0 atom stereocenters. The van der Waals surface area contributed by atoms with E-state index in [0.29, 0.717) is 23.5 Å². The summed E-state index contributed by atoms with van der Waals surface area (Å²) in [5.74, 6) is -0.360. The summed E-state index contributed by atoms with van der Waals surface area (Å²) >= 11 is 0. The molecule has 0 aliphatic rings. The number of amides is 2. The van der Waals surface area contributed by atoms with Gasteiger partial charge in [-0.3, -0.25) is 9.59 Å². The monoisotopic (exact) mass is 298 g/mol. The summed E-state index contributed by atoms with van der Waals surface area (Å²) in [6.07, 6.45) is 0. The predicted molar refractivity (Wildman–Crippen MR) is 85.9 cm³/mol. The normalized spacial score (nSPS) is 10.1. The fourth-order valence-corrected chi connectivity index (χ4v) is 2.00. The molecular formula is C17H18N2O3. The third-order valence-electron chi connectivity index (χ3n) is 2.97. The van der Waals surface area contributed by atoms with E-state index >= 15 is 0 Å². The van der Waals surface area contributed by atoms with Gasteiger partial charge in [-0.25, -0.2) is 0 Å². The van der Waals surface area contributed by atoms with Crippen LogP contribution in [0.15, 0.2) is 48.5 Å². The molecule has 0 saturated carbocycles. The topological polar surface area (TPSA) is 67.4 Å². The molecular weight excluding hydrogens is 280 g/mol. The first-order valence-electron chi connectivity index (χ1n) is 6.85. The van der Waals surface area contributed by atoms with Crippen LogP contribution in [0.25, 0.3) is 0 Å². The molecule has 0 fully saturated rings. The van der Waals surface area contributed by atoms with Crippen LogP contribution in [0.2, 0.25) is 0 Å². The smallest absolute Gasteiger partial charge is 0.255 e. The molecule has 0 spiro atoms. The second-order valence-electron chi connectivity index (χ2n) is 4.85. The van der Waals surface area contributed by atoms with Gasteiger partial charge < -0.3 is 15.4 Å². The molecule has 0 aromatic heterocycles. The summed E-state index contributed by atoms with van der Waals surface area (Å²) < 4.78 is 5.03. The fraction of sp³-hybridized carbons (Fsp3) is 0.176. The van der Waals surface area contributed by atoms with Crippen molar-refractivity contribution in [3.05, 3.63) is 59.7 Å². The van der Waals surface area contributed by atoms with E-state index in [1.807, 2.05) is 12.1 Å². The number of hydrogen-bond donors (Lipinski definition) is 2. The Morgan fingerprint density at radius 3 is 2.23 bits per heavy atom. The van der Waals surface area contributed by atoms with Crippen LogP contribution in [0.5, 0.6) is 0 Å². The molecule has 0 aliphatic heterocycles. The molecule has 2 amide bonds. The van der Waals surface area contributed by atoms with E-state index in [-0.39, 0.29) is 11.8 Å². The fourth-order valence-electron chi connectivity index (χ4n) is 2.00. The number of methoxy groups -OCH3 is 1. The van der Waals surface area contributed by atoms with E-state index in [2.05, 4.69) is 10.6 Å². The number of benzene rings is 2. The number of carbonyl (C=O) groups is 2. The molecule has 22 heavy (non-hydrogen) atoms. The lowest BCUT2D eigenvalue weighted by Gasteiger charge is -2.08. The Morgan fingerprint density at radius 2 is 1.64 bits per heavy atom. The molecule has 2 rings (SSSR count). The minimum absolute atomic E-state index is 0.155. The molecule has 114 valence electrons. The standard InChI is InChI=1S/C17H18N2O3/c1-12(20)18-15-4-3-5-16(10-15)19-17(21)14-8-6-13(7-9-14)11-22-2/h3-10H,11H2,1-2H3,(H,18,20)(H,19,21). The minimum Gasteiger partial charge on any atom is -0.380 e. The van der Waals surface area contributed by atoms with Gasteiger partial charge in [-0.05, 0) is 35.9 Å². The summed E-state index contributed by atoms with van der Waals surface area (Å²) in [4.78, 5) is 23.2. The quantitative estimate of drug-likeness (QED) is 0.891. The lowest BCUT2D eigenvalue weighted by molar-refractivity contribution is -0.114. The third-order valence-corrected chi connectivity index (χ3v) is 2.97. The molecule has 0 unspecified atom stereocenters. The van der Waals surface area contributed by atoms with Gasteiger partial charge in [0, 0.05) is 31.0 Å². The van der Waals surface area contributed by atoms with Gasteiger partial charge in [0.25, 0.3) is 5.91 Å². The van der Waals surface area contributed by atoms with Gasteiger partial charge in [-0.2, -0.15) is 0 Å². The first kappa shape index (κ1) is 15.7. The maximum absolute atomic E-state index is 12.2. The highest BCUT2D eigenvalue weighted by molar-refractivity contribution is 6.04. The molecule has 2 aromatic carbocycles. The van der Waals surface area contributed by atoms with Gasteiger partial charge in [-0.15, -0.1) is 0 Å². The van der Waals surface area contributed by atoms with Crippen LogP contribution in [0.1, 0.15) is 22.8 Å². The van der Waals surface area contributed by atoms with Crippen LogP contribution in [0, 0.1) is 0 Å². The Labute approximate surface area is 129 Å². The van der Waals surface area contributed by atoms with Crippen molar-refractivity contribution in [2.24, 2.45) is 0 Å². The predicted octanol–water partition coefficient (Wildman–Crippen LogP) is 3.04. The molecule has 0 bridgehead atoms. The van der Waals surface area contributed by atoms with Crippen LogP contribution in [-0.4, -0.2) is 18.9 Å². The summed E-state index contributed by atoms with van der Waals surface area (Å²) in [5, 5.41) is 5.48. The van der Waals surface area contributed by atoms with Crippen molar-refractivity contribution in [1.82, 2.24) is 0 Å². The number of rotatable bonds is 5. The lowest BCUT2D eigenvalue weighted by Crippen LogP contribution is -2.12. The van der Waals surface area contributed by atoms with Gasteiger partial charge >= 0.3 is 0 Å². The van der Waals surface area contributed by atoms with E-state index < -0.39 is 0 Å². The summed E-state index contributed by atoms with van der Waals surface area (Å²) in [6.45, 7) is 1.95. The van der Waals surface area contributed by atoms with Crippen molar-refractivity contribution in [2.75, 3.05) is 17.7 Å². The highest BCUT2D eigenvalue weighted by atomic mass is 16.5. The van der Waals surface area contributed by atoms with E-state index in [9.17, 15) is 9.59 Å². The van der Waals surface area contributed by atoms with Gasteiger partial charge in [0.05, 0.1) is 6.61 Å². The summed E-state index contributed by atoms with van der Waals surface area (Å²) in [6, 6.07) is 14.2. The first-order valence-corrected chi connectivity index (χ1v) is 6.85. The maximum Gasteiger partial charge on any atom is 0.255 e. The maximum atomic E-state index is 12.2. The molecule has 0 radical (unpaired) electrons. The zero-order chi connectivity index (χ0) is 15.9. The van der Waals surface area contributed by atoms with Crippen LogP contribution in [0.4, 0.5) is 11.4 Å². The van der Waals surface area contributed by atoms with Crippen LogP contribution < -0.4 is 10.6 Å². The number of nitrogens with one attached hydrogen (secondary N) is 2. The van der Waals surface area contributed by atoms with Crippen molar-refractivity contribution >= 4 is 23.2 Å². The van der Waals surface area contributed by atoms with Gasteiger partial charge in [0.2, 0.25) is 5.91 Å². The van der Waals surface area contributed by atoms with E-state index in [0.717, 1.165) is 5.56 Å². The summed E-state index contributed by atoms with van der Waals surface area (Å²) in [7, 11) is 1.63. The zero-order valence-corrected chi connectivity index (χ0v) is 12.6. The Hall–Kier alpha value is -2.66. The average Bonchev–Trinajstić information content (AvgIpc) is 2.48.